The number of rotatable bonds is 14. The third-order valence-corrected chi connectivity index (χ3v) is 5.38. The summed E-state index contributed by atoms with van der Waals surface area (Å²) in [5, 5.41) is 18.5. The van der Waals surface area contributed by atoms with Crippen molar-refractivity contribution in [1.82, 2.24) is 31.9 Å². The van der Waals surface area contributed by atoms with Gasteiger partial charge in [-0.25, -0.2) is 0 Å². The Morgan fingerprint density at radius 3 is 1.15 bits per heavy atom. The Bertz CT molecular complexity index is 823. The van der Waals surface area contributed by atoms with Crippen LogP contribution in [0, 0.1) is 5.92 Å². The van der Waals surface area contributed by atoms with Gasteiger partial charge >= 0.3 is 0 Å². The van der Waals surface area contributed by atoms with E-state index in [1.54, 1.807) is 0 Å². The second-order valence-corrected chi connectivity index (χ2v) is 8.72. The highest BCUT2D eigenvalue weighted by atomic mass is 16.2. The second-order valence-electron chi connectivity index (χ2n) is 8.72. The number of nitrogens with one attached hydrogen (secondary N) is 6. The van der Waals surface area contributed by atoms with Gasteiger partial charge in [-0.1, -0.05) is 19.1 Å². The van der Waals surface area contributed by atoms with Crippen molar-refractivity contribution in [2.75, 3.05) is 41.3 Å². The summed E-state index contributed by atoms with van der Waals surface area (Å²) in [6, 6.07) is 11.8. The highest BCUT2D eigenvalue weighted by molar-refractivity contribution is 5.95. The lowest BCUT2D eigenvalue weighted by Gasteiger charge is -2.16. The van der Waals surface area contributed by atoms with Crippen molar-refractivity contribution in [2.24, 2.45) is 5.92 Å². The van der Waals surface area contributed by atoms with Gasteiger partial charge in [-0.3, -0.25) is 9.59 Å². The predicted molar refractivity (Wildman–Crippen MR) is 138 cm³/mol. The van der Waals surface area contributed by atoms with Gasteiger partial charge < -0.3 is 31.9 Å². The Labute approximate surface area is 203 Å². The zero-order chi connectivity index (χ0) is 24.9. The SMILES string of the molecule is CNCc1cc(CNC)cc(C(=O)NCC(C)CNC(=O)c2cc(CNC)cc(CNC)c2)c1. The van der Waals surface area contributed by atoms with Gasteiger partial charge in [-0.05, 0) is 80.6 Å². The molecule has 34 heavy (non-hydrogen) atoms. The first-order valence-electron chi connectivity index (χ1n) is 11.8. The monoisotopic (exact) mass is 468 g/mol. The first kappa shape index (κ1) is 27.5. The molecule has 0 fully saturated rings. The fourth-order valence-corrected chi connectivity index (χ4v) is 3.82. The Balaban J connectivity index is 1.93. The maximum Gasteiger partial charge on any atom is 0.251 e. The van der Waals surface area contributed by atoms with E-state index in [2.05, 4.69) is 44.0 Å². The highest BCUT2D eigenvalue weighted by Crippen LogP contribution is 2.12. The molecular formula is C26H40N6O2. The van der Waals surface area contributed by atoms with Crippen LogP contribution >= 0.6 is 0 Å². The maximum absolute atomic E-state index is 12.8. The Hall–Kier alpha value is -2.78. The van der Waals surface area contributed by atoms with E-state index in [9.17, 15) is 9.59 Å². The minimum Gasteiger partial charge on any atom is -0.352 e. The number of benzene rings is 2. The Kier molecular flexibility index (Phi) is 11.7. The average Bonchev–Trinajstić information content (AvgIpc) is 2.81. The number of hydrogen-bond donors (Lipinski definition) is 6. The van der Waals surface area contributed by atoms with Gasteiger partial charge in [0.25, 0.3) is 11.8 Å². The van der Waals surface area contributed by atoms with Gasteiger partial charge in [-0.15, -0.1) is 0 Å². The summed E-state index contributed by atoms with van der Waals surface area (Å²) in [7, 11) is 7.55. The first-order chi connectivity index (χ1) is 16.4. The number of amides is 2. The topological polar surface area (TPSA) is 106 Å². The molecule has 0 saturated heterocycles. The van der Waals surface area contributed by atoms with Crippen LogP contribution in [0.1, 0.15) is 49.9 Å². The molecule has 0 radical (unpaired) electrons. The maximum atomic E-state index is 12.8. The molecule has 6 N–H and O–H groups in total. The smallest absolute Gasteiger partial charge is 0.251 e. The van der Waals surface area contributed by atoms with Gasteiger partial charge in [0.05, 0.1) is 0 Å². The minimum absolute atomic E-state index is 0.0856. The lowest BCUT2D eigenvalue weighted by molar-refractivity contribution is 0.0941. The van der Waals surface area contributed by atoms with Crippen molar-refractivity contribution in [3.05, 3.63) is 69.8 Å². The molecule has 2 aromatic rings. The van der Waals surface area contributed by atoms with Crippen LogP contribution in [0.4, 0.5) is 0 Å². The fourth-order valence-electron chi connectivity index (χ4n) is 3.82. The lowest BCUT2D eigenvalue weighted by atomic mass is 10.0. The molecule has 0 heterocycles. The third-order valence-electron chi connectivity index (χ3n) is 5.38. The van der Waals surface area contributed by atoms with Crippen LogP contribution in [-0.2, 0) is 26.2 Å². The average molecular weight is 469 g/mol. The van der Waals surface area contributed by atoms with Crippen molar-refractivity contribution in [2.45, 2.75) is 33.1 Å². The van der Waals surface area contributed by atoms with Crippen LogP contribution in [0.3, 0.4) is 0 Å². The van der Waals surface area contributed by atoms with Gasteiger partial charge in [0.1, 0.15) is 0 Å². The van der Waals surface area contributed by atoms with E-state index in [0.29, 0.717) is 50.4 Å². The summed E-state index contributed by atoms with van der Waals surface area (Å²) in [4.78, 5) is 25.5. The number of hydrogen-bond acceptors (Lipinski definition) is 6. The van der Waals surface area contributed by atoms with Crippen molar-refractivity contribution in [1.29, 1.82) is 0 Å². The summed E-state index contributed by atoms with van der Waals surface area (Å²) in [6.07, 6.45) is 0. The summed E-state index contributed by atoms with van der Waals surface area (Å²) in [5.74, 6) is -0.127. The van der Waals surface area contributed by atoms with E-state index in [4.69, 9.17) is 0 Å². The second kappa shape index (κ2) is 14.5. The molecule has 0 aliphatic rings. The van der Waals surface area contributed by atoms with Gasteiger partial charge in [-0.2, -0.15) is 0 Å². The standard InChI is InChI=1S/C26H40N6O2/c1-18(12-31-25(33)23-8-19(14-27-2)6-20(9-23)15-28-3)13-32-26(34)24-10-21(16-29-4)7-22(11-24)17-30-5/h6-11,18,27-30H,12-17H2,1-5H3,(H,31,33)(H,32,34). The Morgan fingerprint density at radius 2 is 0.882 bits per heavy atom. The molecule has 2 aromatic carbocycles. The molecule has 0 saturated carbocycles. The van der Waals surface area contributed by atoms with E-state index in [1.165, 1.54) is 0 Å². The normalized spacial score (nSPS) is 11.0. The van der Waals surface area contributed by atoms with Crippen molar-refractivity contribution in [3.63, 3.8) is 0 Å². The molecule has 186 valence electrons. The van der Waals surface area contributed by atoms with Gasteiger partial charge in [0, 0.05) is 50.4 Å². The fraction of sp³-hybridized carbons (Fsp3) is 0.462. The molecule has 0 aliphatic heterocycles. The lowest BCUT2D eigenvalue weighted by Crippen LogP contribution is -2.35. The number of carbonyl (C=O) groups is 2. The van der Waals surface area contributed by atoms with E-state index in [-0.39, 0.29) is 17.7 Å². The van der Waals surface area contributed by atoms with E-state index >= 15 is 0 Å². The molecule has 0 spiro atoms. The molecule has 0 aromatic heterocycles. The molecule has 0 aliphatic carbocycles. The van der Waals surface area contributed by atoms with E-state index < -0.39 is 0 Å². The van der Waals surface area contributed by atoms with Crippen LogP contribution in [0.25, 0.3) is 0 Å². The molecule has 8 nitrogen and oxygen atoms in total. The minimum atomic E-state index is -0.107. The molecule has 2 rings (SSSR count). The summed E-state index contributed by atoms with van der Waals surface area (Å²) < 4.78 is 0. The van der Waals surface area contributed by atoms with Crippen molar-refractivity contribution >= 4 is 11.8 Å². The molecule has 0 bridgehead atoms. The van der Waals surface area contributed by atoms with Gasteiger partial charge in [0.2, 0.25) is 0 Å². The Morgan fingerprint density at radius 1 is 0.588 bits per heavy atom. The molecule has 0 unspecified atom stereocenters. The van der Waals surface area contributed by atoms with Gasteiger partial charge in [0.15, 0.2) is 0 Å². The van der Waals surface area contributed by atoms with Crippen molar-refractivity contribution < 1.29 is 9.59 Å². The quantitative estimate of drug-likeness (QED) is 0.250. The highest BCUT2D eigenvalue weighted by Gasteiger charge is 2.13. The summed E-state index contributed by atoms with van der Waals surface area (Å²) in [5.41, 5.74) is 5.57. The van der Waals surface area contributed by atoms with Crippen LogP contribution in [0.15, 0.2) is 36.4 Å². The van der Waals surface area contributed by atoms with Crippen LogP contribution < -0.4 is 31.9 Å². The summed E-state index contributed by atoms with van der Waals surface area (Å²) >= 11 is 0. The number of carbonyl (C=O) groups excluding carboxylic acids is 2. The largest absolute Gasteiger partial charge is 0.352 e. The van der Waals surface area contributed by atoms with Crippen LogP contribution in [-0.4, -0.2) is 53.1 Å². The molecular weight excluding hydrogens is 428 g/mol. The zero-order valence-electron chi connectivity index (χ0n) is 21.1. The van der Waals surface area contributed by atoms with Crippen LogP contribution in [0.2, 0.25) is 0 Å². The molecule has 2 amide bonds. The molecule has 8 heteroatoms. The van der Waals surface area contributed by atoms with E-state index in [0.717, 1.165) is 22.3 Å². The van der Waals surface area contributed by atoms with E-state index in [1.807, 2.05) is 59.4 Å². The zero-order valence-corrected chi connectivity index (χ0v) is 21.1. The predicted octanol–water partition coefficient (Wildman–Crippen LogP) is 1.36. The van der Waals surface area contributed by atoms with Crippen LogP contribution in [0.5, 0.6) is 0 Å². The summed E-state index contributed by atoms with van der Waals surface area (Å²) in [6.45, 7) is 5.76. The third kappa shape index (κ3) is 8.87. The first-order valence-corrected chi connectivity index (χ1v) is 11.8. The molecule has 0 atom stereocenters. The van der Waals surface area contributed by atoms with Crippen molar-refractivity contribution in [3.8, 4) is 0 Å².